The third-order valence-electron chi connectivity index (χ3n) is 6.31. The molecule has 0 spiro atoms. The Balaban J connectivity index is 1.45. The maximum absolute atomic E-state index is 12.7. The van der Waals surface area contributed by atoms with Crippen LogP contribution in [-0.2, 0) is 22.4 Å². The molecule has 0 saturated carbocycles. The quantitative estimate of drug-likeness (QED) is 0.652. The molecule has 2 aliphatic rings. The molecule has 9 heteroatoms. The Morgan fingerprint density at radius 3 is 2.72 bits per heavy atom. The smallest absolute Gasteiger partial charge is 0.228 e. The van der Waals surface area contributed by atoms with Crippen molar-refractivity contribution in [2.24, 2.45) is 5.92 Å². The van der Waals surface area contributed by atoms with Crippen LogP contribution in [0.2, 0.25) is 0 Å². The number of aromatic nitrogens is 4. The number of fused-ring (bicyclic) bond motifs is 1. The van der Waals surface area contributed by atoms with Crippen LogP contribution in [0.3, 0.4) is 0 Å². The Morgan fingerprint density at radius 2 is 2.00 bits per heavy atom. The van der Waals surface area contributed by atoms with Gasteiger partial charge in [0.1, 0.15) is 11.6 Å². The number of likely N-dealkylation sites (tertiary alicyclic amines) is 1. The Labute approximate surface area is 188 Å². The molecule has 172 valence electrons. The lowest BCUT2D eigenvalue weighted by molar-refractivity contribution is -0.130. The van der Waals surface area contributed by atoms with Crippen LogP contribution in [0.5, 0.6) is 0 Å². The largest absolute Gasteiger partial charge is 0.342 e. The van der Waals surface area contributed by atoms with E-state index < -0.39 is 0 Å². The molecule has 1 saturated heterocycles. The van der Waals surface area contributed by atoms with Crippen molar-refractivity contribution in [2.75, 3.05) is 24.5 Å². The van der Waals surface area contributed by atoms with Gasteiger partial charge in [-0.05, 0) is 39.0 Å². The minimum atomic E-state index is 0.0757. The van der Waals surface area contributed by atoms with Crippen molar-refractivity contribution in [1.29, 1.82) is 0 Å². The zero-order valence-corrected chi connectivity index (χ0v) is 19.4. The topological polar surface area (TPSA) is 105 Å². The minimum Gasteiger partial charge on any atom is -0.342 e. The van der Waals surface area contributed by atoms with E-state index in [-0.39, 0.29) is 17.7 Å². The Kier molecular flexibility index (Phi) is 6.53. The first-order valence-corrected chi connectivity index (χ1v) is 11.6. The molecule has 0 bridgehead atoms. The fraction of sp³-hybridized carbons (Fsp3) is 0.652. The van der Waals surface area contributed by atoms with Crippen molar-refractivity contribution in [2.45, 2.75) is 72.1 Å². The number of aryl methyl sites for hydroxylation is 3. The summed E-state index contributed by atoms with van der Waals surface area (Å²) in [6.45, 7) is 10.1. The monoisotopic (exact) mass is 440 g/mol. The standard InChI is InChI=1S/C23H32N6O3/c1-14(2)9-12-29-21(31)7-5-18-15(3)24-22(26-23(18)29)17-10-11-28(13-17)20(30)8-6-19-25-16(4)27-32-19/h14,17H,5-13H2,1-4H3. The lowest BCUT2D eigenvalue weighted by Gasteiger charge is -2.30. The molecule has 4 heterocycles. The van der Waals surface area contributed by atoms with Gasteiger partial charge >= 0.3 is 0 Å². The van der Waals surface area contributed by atoms with Crippen LogP contribution in [-0.4, -0.2) is 56.5 Å². The highest BCUT2D eigenvalue weighted by molar-refractivity contribution is 5.95. The summed E-state index contributed by atoms with van der Waals surface area (Å²) in [4.78, 5) is 42.9. The van der Waals surface area contributed by atoms with E-state index in [1.165, 1.54) is 0 Å². The number of rotatable bonds is 7. The lowest BCUT2D eigenvalue weighted by Crippen LogP contribution is -2.38. The average Bonchev–Trinajstić information content (AvgIpc) is 3.40. The Bertz CT molecular complexity index is 1000. The molecule has 2 aromatic rings. The first kappa shape index (κ1) is 22.4. The van der Waals surface area contributed by atoms with Crippen molar-refractivity contribution in [3.63, 3.8) is 0 Å². The summed E-state index contributed by atoms with van der Waals surface area (Å²) in [6, 6.07) is 0. The highest BCUT2D eigenvalue weighted by Crippen LogP contribution is 2.32. The Hall–Kier alpha value is -2.84. The maximum Gasteiger partial charge on any atom is 0.228 e. The third kappa shape index (κ3) is 4.81. The highest BCUT2D eigenvalue weighted by atomic mass is 16.5. The van der Waals surface area contributed by atoms with Crippen molar-refractivity contribution in [3.05, 3.63) is 28.8 Å². The number of amides is 2. The number of nitrogens with zero attached hydrogens (tertiary/aromatic N) is 6. The van der Waals surface area contributed by atoms with Gasteiger partial charge in [0.05, 0.1) is 0 Å². The van der Waals surface area contributed by atoms with Crippen LogP contribution in [0.15, 0.2) is 4.52 Å². The number of hydrogen-bond acceptors (Lipinski definition) is 7. The molecule has 32 heavy (non-hydrogen) atoms. The fourth-order valence-corrected chi connectivity index (χ4v) is 4.41. The molecular formula is C23H32N6O3. The van der Waals surface area contributed by atoms with E-state index in [0.717, 1.165) is 35.7 Å². The number of anilines is 1. The molecule has 9 nitrogen and oxygen atoms in total. The molecule has 2 amide bonds. The molecule has 0 aromatic carbocycles. The van der Waals surface area contributed by atoms with Crippen LogP contribution in [0.4, 0.5) is 5.82 Å². The second-order valence-corrected chi connectivity index (χ2v) is 9.26. The van der Waals surface area contributed by atoms with Gasteiger partial charge in [0, 0.05) is 56.1 Å². The molecule has 0 aliphatic carbocycles. The van der Waals surface area contributed by atoms with Crippen molar-refractivity contribution in [1.82, 2.24) is 25.0 Å². The second kappa shape index (κ2) is 9.34. The van der Waals surface area contributed by atoms with Crippen LogP contribution >= 0.6 is 0 Å². The number of carbonyl (C=O) groups excluding carboxylic acids is 2. The number of carbonyl (C=O) groups is 2. The van der Waals surface area contributed by atoms with E-state index in [0.29, 0.717) is 63.0 Å². The van der Waals surface area contributed by atoms with Gasteiger partial charge in [-0.1, -0.05) is 19.0 Å². The Morgan fingerprint density at radius 1 is 1.19 bits per heavy atom. The molecule has 0 N–H and O–H groups in total. The van der Waals surface area contributed by atoms with Gasteiger partial charge in [-0.3, -0.25) is 14.5 Å². The third-order valence-corrected chi connectivity index (χ3v) is 6.31. The minimum absolute atomic E-state index is 0.0757. The van der Waals surface area contributed by atoms with Crippen molar-refractivity contribution < 1.29 is 14.1 Å². The first-order chi connectivity index (χ1) is 15.3. The van der Waals surface area contributed by atoms with E-state index >= 15 is 0 Å². The van der Waals surface area contributed by atoms with E-state index in [1.807, 2.05) is 16.7 Å². The van der Waals surface area contributed by atoms with Crippen LogP contribution in [0.1, 0.15) is 74.2 Å². The highest BCUT2D eigenvalue weighted by Gasteiger charge is 2.33. The van der Waals surface area contributed by atoms with Gasteiger partial charge in [-0.2, -0.15) is 4.98 Å². The van der Waals surface area contributed by atoms with Gasteiger partial charge in [0.15, 0.2) is 5.82 Å². The van der Waals surface area contributed by atoms with Gasteiger partial charge in [-0.25, -0.2) is 9.97 Å². The van der Waals surface area contributed by atoms with Crippen molar-refractivity contribution >= 4 is 17.6 Å². The maximum atomic E-state index is 12.7. The van der Waals surface area contributed by atoms with Gasteiger partial charge < -0.3 is 9.42 Å². The van der Waals surface area contributed by atoms with E-state index in [4.69, 9.17) is 14.5 Å². The summed E-state index contributed by atoms with van der Waals surface area (Å²) in [5.41, 5.74) is 2.03. The predicted molar refractivity (Wildman–Crippen MR) is 118 cm³/mol. The summed E-state index contributed by atoms with van der Waals surface area (Å²) in [7, 11) is 0. The van der Waals surface area contributed by atoms with Gasteiger partial charge in [-0.15, -0.1) is 0 Å². The van der Waals surface area contributed by atoms with E-state index in [9.17, 15) is 9.59 Å². The summed E-state index contributed by atoms with van der Waals surface area (Å²) in [5, 5.41) is 3.77. The van der Waals surface area contributed by atoms with Gasteiger partial charge in [0.25, 0.3) is 0 Å². The summed E-state index contributed by atoms with van der Waals surface area (Å²) < 4.78 is 5.10. The molecule has 2 aromatic heterocycles. The molecule has 1 atom stereocenters. The predicted octanol–water partition coefficient (Wildman–Crippen LogP) is 2.75. The van der Waals surface area contributed by atoms with Gasteiger partial charge in [0.2, 0.25) is 17.7 Å². The molecule has 1 unspecified atom stereocenters. The van der Waals surface area contributed by atoms with Crippen LogP contribution in [0.25, 0.3) is 0 Å². The molecule has 1 fully saturated rings. The first-order valence-electron chi connectivity index (χ1n) is 11.6. The SMILES string of the molecule is Cc1noc(CCC(=O)N2CCC(c3nc(C)c4c(n3)N(CCC(C)C)C(=O)CC4)C2)n1. The molecular weight excluding hydrogens is 408 g/mol. The summed E-state index contributed by atoms with van der Waals surface area (Å²) >= 11 is 0. The average molecular weight is 441 g/mol. The van der Waals surface area contributed by atoms with E-state index in [2.05, 4.69) is 24.0 Å². The molecule has 4 rings (SSSR count). The number of hydrogen-bond donors (Lipinski definition) is 0. The fourth-order valence-electron chi connectivity index (χ4n) is 4.41. The second-order valence-electron chi connectivity index (χ2n) is 9.26. The molecule has 0 radical (unpaired) electrons. The summed E-state index contributed by atoms with van der Waals surface area (Å²) in [5.74, 6) is 3.40. The zero-order chi connectivity index (χ0) is 22.8. The van der Waals surface area contributed by atoms with Crippen LogP contribution < -0.4 is 4.90 Å². The lowest BCUT2D eigenvalue weighted by atomic mass is 10.0. The normalized spacial score (nSPS) is 18.5. The summed E-state index contributed by atoms with van der Waals surface area (Å²) in [6.07, 6.45) is 3.76. The van der Waals surface area contributed by atoms with Crippen LogP contribution in [0, 0.1) is 19.8 Å². The van der Waals surface area contributed by atoms with E-state index in [1.54, 1.807) is 6.92 Å². The molecule has 2 aliphatic heterocycles. The van der Waals surface area contributed by atoms with Crippen molar-refractivity contribution in [3.8, 4) is 0 Å². The zero-order valence-electron chi connectivity index (χ0n) is 19.4.